The average Bonchev–Trinajstić information content (AvgIpc) is 2.42. The zero-order valence-corrected chi connectivity index (χ0v) is 10.3. The summed E-state index contributed by atoms with van der Waals surface area (Å²) in [6.45, 7) is 2.00. The molecule has 0 unspecified atom stereocenters. The van der Waals surface area contributed by atoms with Gasteiger partial charge in [-0.2, -0.15) is 0 Å². The summed E-state index contributed by atoms with van der Waals surface area (Å²) in [7, 11) is -1.48. The van der Waals surface area contributed by atoms with Gasteiger partial charge in [0, 0.05) is 10.6 Å². The molecule has 2 aromatic carbocycles. The Kier molecular flexibility index (Phi) is 5.59. The number of hydrogen-bond donors (Lipinski definition) is 2. The van der Waals surface area contributed by atoms with Crippen molar-refractivity contribution in [1.82, 2.24) is 0 Å². The van der Waals surface area contributed by atoms with Gasteiger partial charge in [0.05, 0.1) is 0 Å². The molecule has 0 saturated carbocycles. The fourth-order valence-electron chi connectivity index (χ4n) is 1.54. The van der Waals surface area contributed by atoms with Crippen LogP contribution in [0.15, 0.2) is 48.5 Å². The normalized spacial score (nSPS) is 9.28. The second kappa shape index (κ2) is 6.96. The standard InChI is InChI=1S/C12H10BClO2.CH2O/c14-12-8-10(13(15)16)6-7-11(12)9-4-2-1-3-5-9;1-2/h1-8,15-16H;1H2. The summed E-state index contributed by atoms with van der Waals surface area (Å²) in [5, 5.41) is 18.5. The highest BCUT2D eigenvalue weighted by molar-refractivity contribution is 6.59. The molecule has 0 atom stereocenters. The van der Waals surface area contributed by atoms with Gasteiger partial charge >= 0.3 is 7.12 Å². The third-order valence-corrected chi connectivity index (χ3v) is 2.69. The lowest BCUT2D eigenvalue weighted by atomic mass is 9.80. The molecule has 0 spiro atoms. The van der Waals surface area contributed by atoms with Crippen molar-refractivity contribution in [2.45, 2.75) is 0 Å². The highest BCUT2D eigenvalue weighted by Gasteiger charge is 2.12. The van der Waals surface area contributed by atoms with E-state index < -0.39 is 7.12 Å². The Morgan fingerprint density at radius 3 is 2.11 bits per heavy atom. The van der Waals surface area contributed by atoms with Gasteiger partial charge in [0.2, 0.25) is 0 Å². The molecular formula is C13H12BClO3. The third kappa shape index (κ3) is 3.44. The van der Waals surface area contributed by atoms with E-state index in [1.807, 2.05) is 37.1 Å². The van der Waals surface area contributed by atoms with Crippen LogP contribution in [-0.2, 0) is 4.79 Å². The van der Waals surface area contributed by atoms with E-state index in [0.717, 1.165) is 11.1 Å². The summed E-state index contributed by atoms with van der Waals surface area (Å²) in [5.74, 6) is 0. The molecule has 0 aromatic heterocycles. The third-order valence-electron chi connectivity index (χ3n) is 2.38. The highest BCUT2D eigenvalue weighted by Crippen LogP contribution is 2.26. The summed E-state index contributed by atoms with van der Waals surface area (Å²) in [6, 6.07) is 14.7. The van der Waals surface area contributed by atoms with Crippen molar-refractivity contribution >= 4 is 31.0 Å². The van der Waals surface area contributed by atoms with Gasteiger partial charge in [0.25, 0.3) is 0 Å². The topological polar surface area (TPSA) is 57.5 Å². The molecule has 0 radical (unpaired) electrons. The van der Waals surface area contributed by atoms with Gasteiger partial charge in [-0.25, -0.2) is 0 Å². The molecule has 0 saturated heterocycles. The minimum Gasteiger partial charge on any atom is -0.423 e. The minimum absolute atomic E-state index is 0.393. The molecular weight excluding hydrogens is 250 g/mol. The van der Waals surface area contributed by atoms with Gasteiger partial charge in [-0.05, 0) is 17.1 Å². The molecule has 0 amide bonds. The summed E-state index contributed by atoms with van der Waals surface area (Å²) >= 11 is 6.09. The maximum atomic E-state index is 9.01. The molecule has 92 valence electrons. The molecule has 5 heteroatoms. The molecule has 0 aliphatic heterocycles. The van der Waals surface area contributed by atoms with Crippen LogP contribution in [0.4, 0.5) is 0 Å². The maximum absolute atomic E-state index is 9.01. The summed E-state index contributed by atoms with van der Waals surface area (Å²) in [5.41, 5.74) is 2.28. The van der Waals surface area contributed by atoms with E-state index in [1.54, 1.807) is 18.2 Å². The Bertz CT molecular complexity index is 503. The first-order chi connectivity index (χ1) is 8.68. The van der Waals surface area contributed by atoms with Crippen molar-refractivity contribution in [3.8, 4) is 11.1 Å². The average molecular weight is 263 g/mol. The largest absolute Gasteiger partial charge is 0.488 e. The quantitative estimate of drug-likeness (QED) is 0.807. The van der Waals surface area contributed by atoms with Gasteiger partial charge in [0.1, 0.15) is 6.79 Å². The molecule has 2 N–H and O–H groups in total. The van der Waals surface area contributed by atoms with Gasteiger partial charge in [0.15, 0.2) is 0 Å². The minimum atomic E-state index is -1.48. The Balaban J connectivity index is 0.000000771. The first-order valence-corrected chi connectivity index (χ1v) is 5.56. The van der Waals surface area contributed by atoms with Crippen molar-refractivity contribution < 1.29 is 14.8 Å². The van der Waals surface area contributed by atoms with E-state index in [0.29, 0.717) is 10.5 Å². The van der Waals surface area contributed by atoms with E-state index >= 15 is 0 Å². The van der Waals surface area contributed by atoms with E-state index in [-0.39, 0.29) is 0 Å². The Morgan fingerprint density at radius 1 is 1.00 bits per heavy atom. The van der Waals surface area contributed by atoms with Gasteiger partial charge in [-0.3, -0.25) is 0 Å². The summed E-state index contributed by atoms with van der Waals surface area (Å²) in [4.78, 5) is 8.00. The van der Waals surface area contributed by atoms with E-state index in [9.17, 15) is 0 Å². The second-order valence-corrected chi connectivity index (χ2v) is 3.89. The predicted octanol–water partition coefficient (Wildman–Crippen LogP) is 1.50. The lowest BCUT2D eigenvalue weighted by Crippen LogP contribution is -2.29. The molecule has 2 aromatic rings. The maximum Gasteiger partial charge on any atom is 0.488 e. The molecule has 0 aliphatic carbocycles. The first-order valence-electron chi connectivity index (χ1n) is 5.18. The van der Waals surface area contributed by atoms with E-state index in [4.69, 9.17) is 26.4 Å². The van der Waals surface area contributed by atoms with Gasteiger partial charge in [-0.1, -0.05) is 54.1 Å². The molecule has 0 heterocycles. The van der Waals surface area contributed by atoms with Crippen LogP contribution in [0, 0.1) is 0 Å². The van der Waals surface area contributed by atoms with Crippen LogP contribution in [0.2, 0.25) is 5.02 Å². The number of carbonyl (C=O) groups excluding carboxylic acids is 1. The Hall–Kier alpha value is -1.62. The van der Waals surface area contributed by atoms with Crippen LogP contribution >= 0.6 is 11.6 Å². The lowest BCUT2D eigenvalue weighted by molar-refractivity contribution is -0.0979. The lowest BCUT2D eigenvalue weighted by Gasteiger charge is -2.06. The first kappa shape index (κ1) is 14.4. The number of carbonyl (C=O) groups is 1. The molecule has 0 fully saturated rings. The van der Waals surface area contributed by atoms with Crippen molar-refractivity contribution in [3.05, 3.63) is 53.6 Å². The number of rotatable bonds is 2. The highest BCUT2D eigenvalue weighted by atomic mass is 35.5. The van der Waals surface area contributed by atoms with Crippen LogP contribution in [0.3, 0.4) is 0 Å². The summed E-state index contributed by atoms with van der Waals surface area (Å²) in [6.07, 6.45) is 0. The molecule has 0 aliphatic rings. The number of hydrogen-bond acceptors (Lipinski definition) is 3. The Morgan fingerprint density at radius 2 is 1.61 bits per heavy atom. The van der Waals surface area contributed by atoms with E-state index in [2.05, 4.69) is 0 Å². The number of benzene rings is 2. The fourth-order valence-corrected chi connectivity index (χ4v) is 1.84. The van der Waals surface area contributed by atoms with Crippen molar-refractivity contribution in [1.29, 1.82) is 0 Å². The monoisotopic (exact) mass is 262 g/mol. The number of halogens is 1. The zero-order valence-electron chi connectivity index (χ0n) is 9.58. The molecule has 0 bridgehead atoms. The van der Waals surface area contributed by atoms with Crippen molar-refractivity contribution in [2.75, 3.05) is 0 Å². The Labute approximate surface area is 111 Å². The predicted molar refractivity (Wildman–Crippen MR) is 73.8 cm³/mol. The zero-order chi connectivity index (χ0) is 13.5. The van der Waals surface area contributed by atoms with Crippen LogP contribution in [0.5, 0.6) is 0 Å². The van der Waals surface area contributed by atoms with Crippen molar-refractivity contribution in [3.63, 3.8) is 0 Å². The van der Waals surface area contributed by atoms with Crippen LogP contribution in [-0.4, -0.2) is 24.0 Å². The molecule has 2 rings (SSSR count). The van der Waals surface area contributed by atoms with Crippen LogP contribution < -0.4 is 5.46 Å². The van der Waals surface area contributed by atoms with Gasteiger partial charge < -0.3 is 14.8 Å². The molecule has 18 heavy (non-hydrogen) atoms. The SMILES string of the molecule is C=O.OB(O)c1ccc(-c2ccccc2)c(Cl)c1. The van der Waals surface area contributed by atoms with Crippen LogP contribution in [0.1, 0.15) is 0 Å². The molecule has 3 nitrogen and oxygen atoms in total. The van der Waals surface area contributed by atoms with Gasteiger partial charge in [-0.15, -0.1) is 0 Å². The summed E-state index contributed by atoms with van der Waals surface area (Å²) < 4.78 is 0. The second-order valence-electron chi connectivity index (χ2n) is 3.48. The van der Waals surface area contributed by atoms with E-state index in [1.165, 1.54) is 0 Å². The van der Waals surface area contributed by atoms with Crippen LogP contribution in [0.25, 0.3) is 11.1 Å². The van der Waals surface area contributed by atoms with Crippen molar-refractivity contribution in [2.24, 2.45) is 0 Å². The fraction of sp³-hybridized carbons (Fsp3) is 0. The smallest absolute Gasteiger partial charge is 0.423 e.